The Morgan fingerprint density at radius 2 is 1.83 bits per heavy atom. The van der Waals surface area contributed by atoms with Crippen molar-refractivity contribution >= 4 is 40.6 Å². The number of nitrogens with one attached hydrogen (secondary N) is 4. The molecule has 1 aliphatic heterocycles. The smallest absolute Gasteiger partial charge is 0.381 e. The number of aromatic nitrogens is 2. The van der Waals surface area contributed by atoms with Gasteiger partial charge in [-0.1, -0.05) is 43.0 Å². The van der Waals surface area contributed by atoms with E-state index in [0.29, 0.717) is 25.0 Å². The van der Waals surface area contributed by atoms with Crippen LogP contribution in [0.2, 0.25) is 0 Å². The summed E-state index contributed by atoms with van der Waals surface area (Å²) in [5.74, 6) is -1.02. The highest BCUT2D eigenvalue weighted by atomic mass is 19.4. The molecule has 0 spiro atoms. The van der Waals surface area contributed by atoms with Crippen LogP contribution in [-0.4, -0.2) is 46.9 Å². The molecule has 0 unspecified atom stereocenters. The van der Waals surface area contributed by atoms with Gasteiger partial charge in [-0.2, -0.15) is 18.2 Å². The predicted molar refractivity (Wildman–Crippen MR) is 173 cm³/mol. The van der Waals surface area contributed by atoms with Crippen LogP contribution >= 0.6 is 0 Å². The molecule has 47 heavy (non-hydrogen) atoms. The maximum absolute atomic E-state index is 13.8. The average molecular weight is 646 g/mol. The van der Waals surface area contributed by atoms with Crippen molar-refractivity contribution in [3.8, 4) is 0 Å². The van der Waals surface area contributed by atoms with Crippen LogP contribution in [0.15, 0.2) is 91.6 Å². The number of piperidine rings is 1. The third-order valence-electron chi connectivity index (χ3n) is 7.69. The summed E-state index contributed by atoms with van der Waals surface area (Å²) in [4.78, 5) is 38.9. The minimum atomic E-state index is -4.75. The van der Waals surface area contributed by atoms with Gasteiger partial charge in [-0.05, 0) is 66.4 Å². The van der Waals surface area contributed by atoms with Crippen molar-refractivity contribution in [1.29, 1.82) is 0 Å². The van der Waals surface area contributed by atoms with Crippen LogP contribution in [0.4, 0.5) is 42.0 Å². The van der Waals surface area contributed by atoms with Crippen molar-refractivity contribution in [3.63, 3.8) is 0 Å². The van der Waals surface area contributed by atoms with Gasteiger partial charge in [0.25, 0.3) is 5.91 Å². The zero-order chi connectivity index (χ0) is 33.4. The third kappa shape index (κ3) is 8.44. The summed E-state index contributed by atoms with van der Waals surface area (Å²) in [5.41, 5.74) is 4.89. The molecule has 4 N–H and O–H groups in total. The van der Waals surface area contributed by atoms with Gasteiger partial charge in [0.2, 0.25) is 11.9 Å². The van der Waals surface area contributed by atoms with Gasteiger partial charge in [-0.3, -0.25) is 14.4 Å². The second kappa shape index (κ2) is 14.8. The predicted octanol–water partition coefficient (Wildman–Crippen LogP) is 6.78. The van der Waals surface area contributed by atoms with Gasteiger partial charge < -0.3 is 20.9 Å². The van der Waals surface area contributed by atoms with Crippen LogP contribution in [0.3, 0.4) is 0 Å². The lowest BCUT2D eigenvalue weighted by molar-refractivity contribution is -0.137. The number of alkyl halides is 3. The maximum atomic E-state index is 13.8. The molecule has 1 aliphatic rings. The first-order valence-corrected chi connectivity index (χ1v) is 14.9. The molecule has 0 saturated carbocycles. The van der Waals surface area contributed by atoms with E-state index in [2.05, 4.69) is 54.9 Å². The van der Waals surface area contributed by atoms with E-state index < -0.39 is 23.5 Å². The van der Waals surface area contributed by atoms with Gasteiger partial charge >= 0.3 is 6.18 Å². The molecule has 0 aliphatic carbocycles. The number of benzene rings is 3. The quantitative estimate of drug-likeness (QED) is 0.104. The number of likely N-dealkylation sites (tertiary alicyclic amines) is 1. The van der Waals surface area contributed by atoms with Gasteiger partial charge in [0, 0.05) is 43.1 Å². The summed E-state index contributed by atoms with van der Waals surface area (Å²) in [6, 6.07) is 21.5. The largest absolute Gasteiger partial charge is 0.421 e. The average Bonchev–Trinajstić information content (AvgIpc) is 3.08. The van der Waals surface area contributed by atoms with E-state index in [4.69, 9.17) is 0 Å². The summed E-state index contributed by atoms with van der Waals surface area (Å²) in [7, 11) is 1.25. The molecule has 1 saturated heterocycles. The molecule has 5 rings (SSSR count). The molecule has 10 nitrogen and oxygen atoms in total. The fraction of sp³-hybridized carbons (Fsp3) is 0.235. The van der Waals surface area contributed by atoms with Gasteiger partial charge in [0.1, 0.15) is 11.4 Å². The Morgan fingerprint density at radius 1 is 1.04 bits per heavy atom. The van der Waals surface area contributed by atoms with E-state index in [1.807, 2.05) is 29.2 Å². The van der Waals surface area contributed by atoms with Crippen molar-refractivity contribution in [3.05, 3.63) is 114 Å². The minimum Gasteiger partial charge on any atom is -0.381 e. The van der Waals surface area contributed by atoms with Crippen molar-refractivity contribution in [2.75, 3.05) is 36.1 Å². The number of anilines is 5. The van der Waals surface area contributed by atoms with Crippen LogP contribution in [0, 0.1) is 0 Å². The molecule has 1 aromatic heterocycles. The van der Waals surface area contributed by atoms with Crippen molar-refractivity contribution in [2.24, 2.45) is 0 Å². The maximum Gasteiger partial charge on any atom is 0.421 e. The Labute approximate surface area is 270 Å². The van der Waals surface area contributed by atoms with Gasteiger partial charge in [0.05, 0.1) is 18.4 Å². The van der Waals surface area contributed by atoms with Gasteiger partial charge in [-0.25, -0.2) is 10.5 Å². The third-order valence-corrected chi connectivity index (χ3v) is 7.69. The molecular formula is C34H34F3N7O3. The van der Waals surface area contributed by atoms with Crippen LogP contribution in [0.25, 0.3) is 0 Å². The number of carbonyl (C=O) groups is 2. The van der Waals surface area contributed by atoms with E-state index in [1.54, 1.807) is 24.3 Å². The number of hydrogen-bond acceptors (Lipinski definition) is 8. The number of carbonyl (C=O) groups excluding carboxylic acids is 2. The number of para-hydroxylation sites is 1. The summed E-state index contributed by atoms with van der Waals surface area (Å²) in [5, 5.41) is 9.01. The van der Waals surface area contributed by atoms with Crippen LogP contribution < -0.4 is 21.4 Å². The summed E-state index contributed by atoms with van der Waals surface area (Å²) in [6.45, 7) is 5.56. The number of halogens is 3. The van der Waals surface area contributed by atoms with Crippen LogP contribution in [0.5, 0.6) is 0 Å². The topological polar surface area (TPSA) is 121 Å². The minimum absolute atomic E-state index is 0.0427. The van der Waals surface area contributed by atoms with Crippen molar-refractivity contribution in [1.82, 2.24) is 20.3 Å². The van der Waals surface area contributed by atoms with Crippen molar-refractivity contribution < 1.29 is 27.6 Å². The monoisotopic (exact) mass is 645 g/mol. The number of hydroxylamine groups is 1. The van der Waals surface area contributed by atoms with E-state index >= 15 is 0 Å². The molecule has 4 aromatic rings. The Morgan fingerprint density at radius 3 is 2.57 bits per heavy atom. The first-order chi connectivity index (χ1) is 22.6. The summed E-state index contributed by atoms with van der Waals surface area (Å²) >= 11 is 0. The first kappa shape index (κ1) is 32.9. The van der Waals surface area contributed by atoms with Crippen LogP contribution in [0.1, 0.15) is 45.8 Å². The molecule has 244 valence electrons. The Balaban J connectivity index is 1.25. The molecule has 1 atom stereocenters. The van der Waals surface area contributed by atoms with Crippen molar-refractivity contribution in [2.45, 2.75) is 31.5 Å². The molecule has 3 aromatic carbocycles. The van der Waals surface area contributed by atoms with E-state index in [1.165, 1.54) is 30.9 Å². The number of amides is 2. The lowest BCUT2D eigenvalue weighted by Crippen LogP contribution is -2.38. The lowest BCUT2D eigenvalue weighted by atomic mass is 9.90. The Bertz CT molecular complexity index is 1730. The fourth-order valence-electron chi connectivity index (χ4n) is 5.33. The van der Waals surface area contributed by atoms with Gasteiger partial charge in [0.15, 0.2) is 0 Å². The molecular weight excluding hydrogens is 611 g/mol. The highest BCUT2D eigenvalue weighted by molar-refractivity contribution is 5.99. The molecule has 2 heterocycles. The SMILES string of the molecule is C=CC(=O)N1CCC[C@H](c2cccc(NCc3ccc(Nc4ncc(C(F)(F)F)c(Nc5ccccc5C(=O)NOC)n4)cc3)c2)C1. The zero-order valence-corrected chi connectivity index (χ0v) is 25.6. The molecule has 0 radical (unpaired) electrons. The van der Waals surface area contributed by atoms with E-state index in [9.17, 15) is 22.8 Å². The van der Waals surface area contributed by atoms with Gasteiger partial charge in [-0.15, -0.1) is 0 Å². The summed E-state index contributed by atoms with van der Waals surface area (Å²) in [6.07, 6.45) is -0.748. The number of rotatable bonds is 11. The number of nitrogens with zero attached hydrogens (tertiary/aromatic N) is 3. The second-order valence-corrected chi connectivity index (χ2v) is 10.9. The normalized spacial score (nSPS) is 14.6. The first-order valence-electron chi connectivity index (χ1n) is 14.9. The molecule has 1 fully saturated rings. The van der Waals surface area contributed by atoms with E-state index in [-0.39, 0.29) is 29.0 Å². The standard InChI is InChI=1S/C34H34F3N7O3/c1-3-30(45)44-17-7-9-24(21-44)23-8-6-10-26(18-23)38-19-22-13-15-25(16-14-22)40-33-39-20-28(34(35,36)37)31(42-33)41-29-12-5-4-11-27(29)32(46)43-47-2/h3-6,8,10-16,18,20,24,38H,1,7,9,17,19,21H2,2H3,(H,43,46)(H2,39,40,41,42)/t24-/m0/s1. The Hall–Kier alpha value is -5.43. The zero-order valence-electron chi connectivity index (χ0n) is 25.6. The lowest BCUT2D eigenvalue weighted by Gasteiger charge is -2.32. The van der Waals surface area contributed by atoms with Crippen LogP contribution in [-0.2, 0) is 22.4 Å². The molecule has 0 bridgehead atoms. The number of hydrogen-bond donors (Lipinski definition) is 4. The highest BCUT2D eigenvalue weighted by Gasteiger charge is 2.35. The molecule has 13 heteroatoms. The second-order valence-electron chi connectivity index (χ2n) is 10.9. The summed E-state index contributed by atoms with van der Waals surface area (Å²) < 4.78 is 41.5. The molecule has 2 amide bonds. The highest BCUT2D eigenvalue weighted by Crippen LogP contribution is 2.36. The fourth-order valence-corrected chi connectivity index (χ4v) is 5.33. The van der Waals surface area contributed by atoms with E-state index in [0.717, 1.165) is 30.6 Å². The Kier molecular flexibility index (Phi) is 10.4.